The molecule has 0 bridgehead atoms. The molecule has 0 N–H and O–H groups in total. The first-order valence-corrected chi connectivity index (χ1v) is 6.21. The van der Waals surface area contributed by atoms with E-state index in [0.29, 0.717) is 12.2 Å². The Balaban J connectivity index is 1.87. The molecule has 17 heavy (non-hydrogen) atoms. The van der Waals surface area contributed by atoms with Gasteiger partial charge in [-0.25, -0.2) is 0 Å². The van der Waals surface area contributed by atoms with Gasteiger partial charge in [-0.15, -0.1) is 0 Å². The van der Waals surface area contributed by atoms with Crippen molar-refractivity contribution >= 4 is 5.78 Å². The molecule has 0 fully saturated rings. The predicted octanol–water partition coefficient (Wildman–Crippen LogP) is 3.85. The zero-order chi connectivity index (χ0) is 12.1. The Hall–Kier alpha value is -1.63. The monoisotopic (exact) mass is 226 g/mol. The molecule has 0 saturated carbocycles. The van der Waals surface area contributed by atoms with Crippen LogP contribution >= 0.6 is 0 Å². The van der Waals surface area contributed by atoms with E-state index in [1.807, 2.05) is 12.1 Å². The van der Waals surface area contributed by atoms with E-state index in [1.165, 1.54) is 11.1 Å². The number of benzene rings is 1. The first kappa shape index (κ1) is 11.8. The Bertz CT molecular complexity index is 452. The third-order valence-electron chi connectivity index (χ3n) is 3.21. The molecule has 0 aromatic heterocycles. The van der Waals surface area contributed by atoms with E-state index >= 15 is 0 Å². The van der Waals surface area contributed by atoms with Crippen LogP contribution in [-0.4, -0.2) is 5.78 Å². The number of ketones is 1. The highest BCUT2D eigenvalue weighted by Crippen LogP contribution is 2.23. The van der Waals surface area contributed by atoms with Gasteiger partial charge in [0.15, 0.2) is 5.78 Å². The van der Waals surface area contributed by atoms with Gasteiger partial charge in [0, 0.05) is 12.0 Å². The molecule has 1 aliphatic carbocycles. The molecule has 0 radical (unpaired) electrons. The van der Waals surface area contributed by atoms with Crippen molar-refractivity contribution in [2.75, 3.05) is 0 Å². The highest BCUT2D eigenvalue weighted by molar-refractivity contribution is 6.01. The van der Waals surface area contributed by atoms with Gasteiger partial charge in [-0.2, -0.15) is 0 Å². The number of carbonyl (C=O) groups excluding carboxylic acids is 1. The van der Waals surface area contributed by atoms with E-state index in [0.717, 1.165) is 24.8 Å². The van der Waals surface area contributed by atoms with Gasteiger partial charge in [0.1, 0.15) is 0 Å². The van der Waals surface area contributed by atoms with E-state index in [-0.39, 0.29) is 0 Å². The van der Waals surface area contributed by atoms with Gasteiger partial charge >= 0.3 is 0 Å². The fourth-order valence-electron chi connectivity index (χ4n) is 2.14. The Morgan fingerprint density at radius 2 is 1.94 bits per heavy atom. The lowest BCUT2D eigenvalue weighted by molar-refractivity contribution is -0.114. The fraction of sp³-hybridized carbons (Fsp3) is 0.312. The van der Waals surface area contributed by atoms with Crippen LogP contribution < -0.4 is 0 Å². The first-order chi connectivity index (χ1) is 8.27. The van der Waals surface area contributed by atoms with Crippen LogP contribution in [0.25, 0.3) is 0 Å². The van der Waals surface area contributed by atoms with Gasteiger partial charge in [0.25, 0.3) is 0 Å². The van der Waals surface area contributed by atoms with E-state index in [4.69, 9.17) is 0 Å². The molecule has 0 amide bonds. The molecule has 88 valence electrons. The zero-order valence-corrected chi connectivity index (χ0v) is 10.3. The third kappa shape index (κ3) is 3.16. The highest BCUT2D eigenvalue weighted by atomic mass is 16.1. The summed E-state index contributed by atoms with van der Waals surface area (Å²) in [5.74, 6) is 0.304. The molecular weight excluding hydrogens is 208 g/mol. The fourth-order valence-corrected chi connectivity index (χ4v) is 2.14. The topological polar surface area (TPSA) is 17.1 Å². The molecule has 1 aliphatic rings. The van der Waals surface area contributed by atoms with Crippen molar-refractivity contribution < 1.29 is 4.79 Å². The number of rotatable bonds is 4. The summed E-state index contributed by atoms with van der Waals surface area (Å²) in [6.07, 6.45) is 7.80. The Kier molecular flexibility index (Phi) is 3.92. The number of Topliss-reactive ketones (excluding diaryl/α,β-unsaturated/α-hetero) is 1. The molecule has 1 nitrogen and oxygen atoms in total. The number of aryl methyl sites for hydroxylation is 1. The minimum Gasteiger partial charge on any atom is -0.294 e. The van der Waals surface area contributed by atoms with Crippen LogP contribution in [0.4, 0.5) is 0 Å². The Labute approximate surface area is 103 Å². The van der Waals surface area contributed by atoms with Crippen LogP contribution in [-0.2, 0) is 11.2 Å². The molecule has 1 heteroatoms. The number of carbonyl (C=O) groups is 1. The number of hydrogen-bond donors (Lipinski definition) is 0. The molecule has 0 unspecified atom stereocenters. The minimum atomic E-state index is 0.304. The molecule has 0 saturated heterocycles. The van der Waals surface area contributed by atoms with E-state index in [1.54, 1.807) is 0 Å². The van der Waals surface area contributed by atoms with Crippen LogP contribution in [0.15, 0.2) is 53.6 Å². The predicted molar refractivity (Wildman–Crippen MR) is 70.8 cm³/mol. The number of hydrogen-bond acceptors (Lipinski definition) is 1. The van der Waals surface area contributed by atoms with Crippen LogP contribution in [0.1, 0.15) is 31.7 Å². The largest absolute Gasteiger partial charge is 0.294 e. The van der Waals surface area contributed by atoms with Crippen molar-refractivity contribution in [3.05, 3.63) is 59.2 Å². The van der Waals surface area contributed by atoms with Crippen LogP contribution in [0.3, 0.4) is 0 Å². The summed E-state index contributed by atoms with van der Waals surface area (Å²) in [7, 11) is 0. The van der Waals surface area contributed by atoms with E-state index in [2.05, 4.69) is 37.3 Å². The summed E-state index contributed by atoms with van der Waals surface area (Å²) < 4.78 is 0. The van der Waals surface area contributed by atoms with Gasteiger partial charge in [0.2, 0.25) is 0 Å². The maximum absolute atomic E-state index is 11.5. The standard InChI is InChI=1S/C16H18O/c1-13-11-12-16(17)15(13)10-6-5-9-14-7-3-2-4-8-14/h2-4,6-8,10H,5,9,11-12H2,1H3/b10-6+. The summed E-state index contributed by atoms with van der Waals surface area (Å²) in [5.41, 5.74) is 3.53. The lowest BCUT2D eigenvalue weighted by Gasteiger charge is -1.97. The van der Waals surface area contributed by atoms with Gasteiger partial charge < -0.3 is 0 Å². The van der Waals surface area contributed by atoms with Crippen molar-refractivity contribution in [1.29, 1.82) is 0 Å². The summed E-state index contributed by atoms with van der Waals surface area (Å²) in [5, 5.41) is 0. The quantitative estimate of drug-likeness (QED) is 0.762. The molecule has 1 aromatic rings. The van der Waals surface area contributed by atoms with Crippen molar-refractivity contribution in [3.63, 3.8) is 0 Å². The molecule has 2 rings (SSSR count). The van der Waals surface area contributed by atoms with Gasteiger partial charge in [0.05, 0.1) is 0 Å². The molecule has 0 aliphatic heterocycles. The van der Waals surface area contributed by atoms with Crippen molar-refractivity contribution in [2.24, 2.45) is 0 Å². The summed E-state index contributed by atoms with van der Waals surface area (Å²) in [4.78, 5) is 11.5. The maximum Gasteiger partial charge on any atom is 0.163 e. The van der Waals surface area contributed by atoms with Crippen molar-refractivity contribution in [1.82, 2.24) is 0 Å². The van der Waals surface area contributed by atoms with Gasteiger partial charge in [-0.3, -0.25) is 4.79 Å². The minimum absolute atomic E-state index is 0.304. The van der Waals surface area contributed by atoms with E-state index < -0.39 is 0 Å². The third-order valence-corrected chi connectivity index (χ3v) is 3.21. The Morgan fingerprint density at radius 3 is 2.59 bits per heavy atom. The van der Waals surface area contributed by atoms with Crippen LogP contribution in [0, 0.1) is 0 Å². The number of allylic oxidation sites excluding steroid dienone is 4. The van der Waals surface area contributed by atoms with Crippen LogP contribution in [0.5, 0.6) is 0 Å². The average Bonchev–Trinajstić information content (AvgIpc) is 2.67. The second-order valence-electron chi connectivity index (χ2n) is 4.54. The van der Waals surface area contributed by atoms with Crippen LogP contribution in [0.2, 0.25) is 0 Å². The zero-order valence-electron chi connectivity index (χ0n) is 10.3. The van der Waals surface area contributed by atoms with Crippen molar-refractivity contribution in [2.45, 2.75) is 32.6 Å². The second kappa shape index (κ2) is 5.62. The first-order valence-electron chi connectivity index (χ1n) is 6.21. The lowest BCUT2D eigenvalue weighted by atomic mass is 10.1. The molecule has 0 atom stereocenters. The summed E-state index contributed by atoms with van der Waals surface area (Å²) in [6.45, 7) is 2.06. The van der Waals surface area contributed by atoms with Gasteiger partial charge in [-0.1, -0.05) is 48.1 Å². The molecule has 0 spiro atoms. The van der Waals surface area contributed by atoms with E-state index in [9.17, 15) is 4.79 Å². The lowest BCUT2D eigenvalue weighted by Crippen LogP contribution is -1.92. The SMILES string of the molecule is CC1=C(/C=C/CCc2ccccc2)C(=O)CC1. The smallest absolute Gasteiger partial charge is 0.163 e. The second-order valence-corrected chi connectivity index (χ2v) is 4.54. The van der Waals surface area contributed by atoms with Gasteiger partial charge in [-0.05, 0) is 31.7 Å². The summed E-state index contributed by atoms with van der Waals surface area (Å²) >= 11 is 0. The Morgan fingerprint density at radius 1 is 1.18 bits per heavy atom. The average molecular weight is 226 g/mol. The maximum atomic E-state index is 11.5. The highest BCUT2D eigenvalue weighted by Gasteiger charge is 2.16. The molecule has 1 aromatic carbocycles. The van der Waals surface area contributed by atoms with Crippen molar-refractivity contribution in [3.8, 4) is 0 Å². The normalized spacial score (nSPS) is 16.2. The molecule has 0 heterocycles. The molecular formula is C16H18O. The summed E-state index contributed by atoms with van der Waals surface area (Å²) in [6, 6.07) is 10.4.